The molecule has 0 aromatic heterocycles. The van der Waals surface area contributed by atoms with Gasteiger partial charge in [0.05, 0.1) is 0 Å². The average Bonchev–Trinajstić information content (AvgIpc) is 3.19. The summed E-state index contributed by atoms with van der Waals surface area (Å²) in [6.45, 7) is 6.91. The van der Waals surface area contributed by atoms with Crippen LogP contribution in [0.5, 0.6) is 0 Å². The van der Waals surface area contributed by atoms with Crippen molar-refractivity contribution in [3.63, 3.8) is 0 Å². The normalized spacial score (nSPS) is 18.5. The van der Waals surface area contributed by atoms with E-state index in [-0.39, 0.29) is 5.41 Å². The number of unbranched alkanes of at least 4 members (excludes halogenated alkanes) is 10. The molecule has 1 saturated carbocycles. The van der Waals surface area contributed by atoms with Gasteiger partial charge in [-0.1, -0.05) is 183 Å². The van der Waals surface area contributed by atoms with Crippen LogP contribution in [0.1, 0.15) is 194 Å². The third-order valence-corrected chi connectivity index (χ3v) is 12.8. The van der Waals surface area contributed by atoms with Gasteiger partial charge in [0, 0.05) is 28.6 Å². The molecule has 0 radical (unpaired) electrons. The fraction of sp³-hybridized carbons (Fsp3) is 0.529. The third kappa shape index (κ3) is 11.5. The molecule has 4 aromatic rings. The second-order valence-electron chi connectivity index (χ2n) is 16.6. The molecule has 2 unspecified atom stereocenters. The van der Waals surface area contributed by atoms with Gasteiger partial charge in [0.25, 0.3) is 0 Å². The molecule has 4 N–H and O–H groups in total. The molecular formula is C51H72N2. The maximum Gasteiger partial charge on any atom is 0.0314 e. The Labute approximate surface area is 324 Å². The monoisotopic (exact) mass is 713 g/mol. The number of hydrogen-bond acceptors (Lipinski definition) is 2. The van der Waals surface area contributed by atoms with Crippen molar-refractivity contribution in [1.29, 1.82) is 0 Å². The van der Waals surface area contributed by atoms with E-state index < -0.39 is 0 Å². The van der Waals surface area contributed by atoms with E-state index in [1.165, 1.54) is 162 Å². The van der Waals surface area contributed by atoms with Gasteiger partial charge in [-0.2, -0.15) is 0 Å². The van der Waals surface area contributed by atoms with E-state index >= 15 is 0 Å². The molecule has 2 heteroatoms. The quantitative estimate of drug-likeness (QED) is 0.0629. The lowest BCUT2D eigenvalue weighted by atomic mass is 9.62. The Morgan fingerprint density at radius 2 is 0.792 bits per heavy atom. The largest absolute Gasteiger partial charge is 0.399 e. The van der Waals surface area contributed by atoms with Gasteiger partial charge in [0.2, 0.25) is 0 Å². The van der Waals surface area contributed by atoms with Crippen molar-refractivity contribution < 1.29 is 0 Å². The van der Waals surface area contributed by atoms with Crippen LogP contribution in [-0.4, -0.2) is 0 Å². The van der Waals surface area contributed by atoms with Crippen molar-refractivity contribution in [3.8, 4) is 0 Å². The van der Waals surface area contributed by atoms with Crippen molar-refractivity contribution in [3.05, 3.63) is 130 Å². The highest BCUT2D eigenvalue weighted by Crippen LogP contribution is 2.48. The molecule has 5 rings (SSSR count). The molecular weight excluding hydrogens is 641 g/mol. The smallest absolute Gasteiger partial charge is 0.0314 e. The van der Waals surface area contributed by atoms with Crippen LogP contribution in [0.15, 0.2) is 97.1 Å². The van der Waals surface area contributed by atoms with Crippen LogP contribution < -0.4 is 11.5 Å². The van der Waals surface area contributed by atoms with Gasteiger partial charge in [0.1, 0.15) is 0 Å². The molecule has 0 saturated heterocycles. The first kappa shape index (κ1) is 40.7. The predicted molar refractivity (Wildman–Crippen MR) is 232 cm³/mol. The van der Waals surface area contributed by atoms with Crippen LogP contribution in [0.2, 0.25) is 0 Å². The third-order valence-electron chi connectivity index (χ3n) is 12.8. The second-order valence-corrected chi connectivity index (χ2v) is 16.6. The molecule has 1 aliphatic carbocycles. The molecule has 0 heterocycles. The molecule has 53 heavy (non-hydrogen) atoms. The van der Waals surface area contributed by atoms with E-state index in [1.54, 1.807) is 0 Å². The molecule has 2 nitrogen and oxygen atoms in total. The summed E-state index contributed by atoms with van der Waals surface area (Å²) in [4.78, 5) is 0. The molecule has 1 aliphatic rings. The maximum atomic E-state index is 6.11. The summed E-state index contributed by atoms with van der Waals surface area (Å²) >= 11 is 0. The minimum atomic E-state index is 0.0610. The molecule has 0 spiro atoms. The van der Waals surface area contributed by atoms with Gasteiger partial charge in [0.15, 0.2) is 0 Å². The number of anilines is 2. The fourth-order valence-electron chi connectivity index (χ4n) is 9.37. The summed E-state index contributed by atoms with van der Waals surface area (Å²) in [5.41, 5.74) is 22.6. The van der Waals surface area contributed by atoms with Crippen molar-refractivity contribution >= 4 is 11.4 Å². The minimum Gasteiger partial charge on any atom is -0.399 e. The van der Waals surface area contributed by atoms with Gasteiger partial charge >= 0.3 is 0 Å². The van der Waals surface area contributed by atoms with Crippen molar-refractivity contribution in [2.45, 2.75) is 166 Å². The maximum absolute atomic E-state index is 6.11. The summed E-state index contributed by atoms with van der Waals surface area (Å²) < 4.78 is 0. The lowest BCUT2D eigenvalue weighted by Crippen LogP contribution is -2.33. The Balaban J connectivity index is 1.40. The van der Waals surface area contributed by atoms with Crippen LogP contribution in [0, 0.1) is 5.92 Å². The molecule has 0 bridgehead atoms. The summed E-state index contributed by atoms with van der Waals surface area (Å²) in [5, 5.41) is 0. The Hall–Kier alpha value is -3.52. The number of nitrogen functional groups attached to an aromatic ring is 2. The number of rotatable bonds is 22. The minimum absolute atomic E-state index is 0.0610. The highest BCUT2D eigenvalue weighted by molar-refractivity contribution is 5.47. The standard InChI is InChI=1S/C51H72N2/c1-4-7-10-11-12-13-16-17-40-36-38-51(39-37-40,45-28-20-41(21-29-45)49(18-14-8-5-2)43-24-32-47(52)33-25-43)46-30-22-42(23-31-46)50(19-15-9-6-3)44-26-34-48(53)35-27-44/h20-35,40,49-50H,4-19,36-39,52-53H2,1-3H3. The topological polar surface area (TPSA) is 52.0 Å². The van der Waals surface area contributed by atoms with Crippen LogP contribution in [0.25, 0.3) is 0 Å². The number of hydrogen-bond donors (Lipinski definition) is 2. The first-order valence-electron chi connectivity index (χ1n) is 21.9. The van der Waals surface area contributed by atoms with E-state index in [0.29, 0.717) is 11.8 Å². The number of benzene rings is 4. The summed E-state index contributed by atoms with van der Waals surface area (Å²) in [5.74, 6) is 1.67. The highest BCUT2D eigenvalue weighted by Gasteiger charge is 2.38. The summed E-state index contributed by atoms with van der Waals surface area (Å²) in [6, 6.07) is 37.2. The SMILES string of the molecule is CCCCCCCCCC1CCC(c2ccc(C(CCCCC)c3ccc(N)cc3)cc2)(c2ccc(C(CCCCC)c3ccc(N)cc3)cc2)CC1. The molecule has 4 aromatic carbocycles. The van der Waals surface area contributed by atoms with E-state index in [4.69, 9.17) is 11.5 Å². The zero-order valence-electron chi connectivity index (χ0n) is 33.8. The average molecular weight is 713 g/mol. The molecule has 1 fully saturated rings. The molecule has 0 amide bonds. The first-order chi connectivity index (χ1) is 26.0. The van der Waals surface area contributed by atoms with Gasteiger partial charge < -0.3 is 11.5 Å². The van der Waals surface area contributed by atoms with Crippen LogP contribution in [0.3, 0.4) is 0 Å². The highest BCUT2D eigenvalue weighted by atomic mass is 14.5. The van der Waals surface area contributed by atoms with Gasteiger partial charge in [-0.05, 0) is 102 Å². The Kier molecular flexibility index (Phi) is 16.4. The second kappa shape index (κ2) is 21.4. The van der Waals surface area contributed by atoms with E-state index in [9.17, 15) is 0 Å². The summed E-state index contributed by atoms with van der Waals surface area (Å²) in [6.07, 6.45) is 26.2. The molecule has 2 atom stereocenters. The van der Waals surface area contributed by atoms with Gasteiger partial charge in [-0.25, -0.2) is 0 Å². The molecule has 286 valence electrons. The first-order valence-corrected chi connectivity index (χ1v) is 21.9. The summed E-state index contributed by atoms with van der Waals surface area (Å²) in [7, 11) is 0. The van der Waals surface area contributed by atoms with E-state index in [1.807, 2.05) is 0 Å². The zero-order valence-corrected chi connectivity index (χ0v) is 33.8. The van der Waals surface area contributed by atoms with Crippen molar-refractivity contribution in [2.75, 3.05) is 11.5 Å². The lowest BCUT2D eigenvalue weighted by Gasteiger charge is -2.42. The Bertz CT molecular complexity index is 1450. The van der Waals surface area contributed by atoms with Crippen molar-refractivity contribution in [2.24, 2.45) is 5.92 Å². The van der Waals surface area contributed by atoms with Crippen LogP contribution in [-0.2, 0) is 5.41 Å². The Morgan fingerprint density at radius 1 is 0.453 bits per heavy atom. The lowest BCUT2D eigenvalue weighted by molar-refractivity contribution is 0.250. The van der Waals surface area contributed by atoms with E-state index in [0.717, 1.165) is 17.3 Å². The van der Waals surface area contributed by atoms with Crippen LogP contribution >= 0.6 is 0 Å². The van der Waals surface area contributed by atoms with E-state index in [2.05, 4.69) is 118 Å². The Morgan fingerprint density at radius 3 is 1.19 bits per heavy atom. The van der Waals surface area contributed by atoms with Gasteiger partial charge in [-0.15, -0.1) is 0 Å². The predicted octanol–water partition coefficient (Wildman–Crippen LogP) is 14.9. The van der Waals surface area contributed by atoms with Crippen LogP contribution in [0.4, 0.5) is 11.4 Å². The van der Waals surface area contributed by atoms with Crippen molar-refractivity contribution in [1.82, 2.24) is 0 Å². The molecule has 0 aliphatic heterocycles. The fourth-order valence-corrected chi connectivity index (χ4v) is 9.37. The zero-order chi connectivity index (χ0) is 37.3. The van der Waals surface area contributed by atoms with Gasteiger partial charge in [-0.3, -0.25) is 0 Å². The number of nitrogens with two attached hydrogens (primary N) is 2.